The second kappa shape index (κ2) is 8.08. The number of carbonyl (C=O) groups excluding carboxylic acids is 1. The molecule has 0 fully saturated rings. The summed E-state index contributed by atoms with van der Waals surface area (Å²) in [6.45, 7) is 5.43. The lowest BCUT2D eigenvalue weighted by molar-refractivity contribution is -0.384. The van der Waals surface area contributed by atoms with Gasteiger partial charge in [-0.05, 0) is 56.7 Å². The molecule has 0 radical (unpaired) electrons. The third-order valence-corrected chi connectivity index (χ3v) is 6.35. The van der Waals surface area contributed by atoms with Gasteiger partial charge in [0.15, 0.2) is 0 Å². The first-order chi connectivity index (χ1) is 14.1. The molecule has 0 heterocycles. The number of aryl methyl sites for hydroxylation is 3. The van der Waals surface area contributed by atoms with Gasteiger partial charge in [-0.3, -0.25) is 14.9 Å². The van der Waals surface area contributed by atoms with Gasteiger partial charge in [-0.15, -0.1) is 0 Å². The Morgan fingerprint density at radius 3 is 1.97 bits per heavy atom. The Hall–Kier alpha value is -3.52. The van der Waals surface area contributed by atoms with Crippen molar-refractivity contribution in [2.75, 3.05) is 4.31 Å². The topological polar surface area (TPSA) is 97.6 Å². The Bertz CT molecular complexity index is 1220. The average Bonchev–Trinajstić information content (AvgIpc) is 2.70. The van der Waals surface area contributed by atoms with Crippen LogP contribution in [-0.4, -0.2) is 19.2 Å². The zero-order valence-corrected chi connectivity index (χ0v) is 17.5. The summed E-state index contributed by atoms with van der Waals surface area (Å²) in [4.78, 5) is 23.6. The molecule has 3 aromatic rings. The molecule has 0 aromatic heterocycles. The molecule has 0 bridgehead atoms. The van der Waals surface area contributed by atoms with Crippen molar-refractivity contribution in [1.29, 1.82) is 0 Å². The average molecular weight is 424 g/mol. The minimum absolute atomic E-state index is 0.0243. The standard InChI is InChI=1S/C22H20N2O5S/c1-15-4-11-20(12-5-15)30(28,29)23(21-13-6-16(2)14-17(21)3)22(25)18-7-9-19(10-8-18)24(26)27/h4-14H,1-3H3. The van der Waals surface area contributed by atoms with E-state index in [4.69, 9.17) is 0 Å². The Morgan fingerprint density at radius 1 is 0.867 bits per heavy atom. The highest BCUT2D eigenvalue weighted by Gasteiger charge is 2.33. The van der Waals surface area contributed by atoms with Gasteiger partial charge in [-0.25, -0.2) is 8.42 Å². The fraction of sp³-hybridized carbons (Fsp3) is 0.136. The maximum absolute atomic E-state index is 13.5. The molecule has 0 N–H and O–H groups in total. The number of anilines is 1. The van der Waals surface area contributed by atoms with Crippen molar-refractivity contribution in [1.82, 2.24) is 0 Å². The van der Waals surface area contributed by atoms with Crippen LogP contribution in [0.3, 0.4) is 0 Å². The number of hydrogen-bond donors (Lipinski definition) is 0. The number of carbonyl (C=O) groups is 1. The summed E-state index contributed by atoms with van der Waals surface area (Å²) in [6, 6.07) is 16.2. The number of nitrogens with zero attached hydrogens (tertiary/aromatic N) is 2. The molecule has 154 valence electrons. The highest BCUT2D eigenvalue weighted by atomic mass is 32.2. The van der Waals surface area contributed by atoms with Crippen LogP contribution in [0.5, 0.6) is 0 Å². The van der Waals surface area contributed by atoms with Gasteiger partial charge in [0, 0.05) is 17.7 Å². The third-order valence-electron chi connectivity index (χ3n) is 4.64. The number of rotatable bonds is 5. The van der Waals surface area contributed by atoms with Gasteiger partial charge in [0.25, 0.3) is 21.6 Å². The lowest BCUT2D eigenvalue weighted by Gasteiger charge is -2.24. The van der Waals surface area contributed by atoms with Crippen molar-refractivity contribution in [2.45, 2.75) is 25.7 Å². The van der Waals surface area contributed by atoms with Crippen LogP contribution in [0.2, 0.25) is 0 Å². The third kappa shape index (κ3) is 4.08. The molecule has 0 atom stereocenters. The smallest absolute Gasteiger partial charge is 0.268 e. The first kappa shape index (κ1) is 21.2. The quantitative estimate of drug-likeness (QED) is 0.442. The molecule has 0 unspecified atom stereocenters. The zero-order valence-electron chi connectivity index (χ0n) is 16.7. The first-order valence-electron chi connectivity index (χ1n) is 9.09. The van der Waals surface area contributed by atoms with E-state index < -0.39 is 20.9 Å². The molecule has 0 saturated carbocycles. The van der Waals surface area contributed by atoms with Crippen molar-refractivity contribution < 1.29 is 18.1 Å². The van der Waals surface area contributed by atoms with Crippen molar-refractivity contribution in [3.05, 3.63) is 99.1 Å². The lowest BCUT2D eigenvalue weighted by atomic mass is 10.1. The summed E-state index contributed by atoms with van der Waals surface area (Å²) in [5, 5.41) is 10.9. The van der Waals surface area contributed by atoms with E-state index in [-0.39, 0.29) is 21.8 Å². The normalized spacial score (nSPS) is 11.2. The van der Waals surface area contributed by atoms with E-state index in [1.54, 1.807) is 37.3 Å². The maximum Gasteiger partial charge on any atom is 0.272 e. The lowest BCUT2D eigenvalue weighted by Crippen LogP contribution is -2.37. The number of sulfonamides is 1. The predicted octanol–water partition coefficient (Wildman–Crippen LogP) is 4.56. The molecule has 0 aliphatic carbocycles. The highest BCUT2D eigenvalue weighted by molar-refractivity contribution is 7.93. The van der Waals surface area contributed by atoms with Crippen molar-refractivity contribution in [3.8, 4) is 0 Å². The molecule has 8 heteroatoms. The number of amides is 1. The summed E-state index contributed by atoms with van der Waals surface area (Å²) in [5.41, 5.74) is 2.48. The molecule has 1 amide bonds. The molecule has 0 spiro atoms. The molecular formula is C22H20N2O5S. The van der Waals surface area contributed by atoms with E-state index in [0.717, 1.165) is 15.4 Å². The van der Waals surface area contributed by atoms with E-state index >= 15 is 0 Å². The van der Waals surface area contributed by atoms with Crippen LogP contribution in [0, 0.1) is 30.9 Å². The van der Waals surface area contributed by atoms with Gasteiger partial charge in [0.2, 0.25) is 0 Å². The van der Waals surface area contributed by atoms with Crippen LogP contribution in [0.25, 0.3) is 0 Å². The van der Waals surface area contributed by atoms with E-state index in [9.17, 15) is 23.3 Å². The summed E-state index contributed by atoms with van der Waals surface area (Å²) >= 11 is 0. The molecule has 3 rings (SSSR count). The van der Waals surface area contributed by atoms with E-state index in [0.29, 0.717) is 5.56 Å². The zero-order chi connectivity index (χ0) is 22.1. The number of nitro groups is 1. The van der Waals surface area contributed by atoms with E-state index in [2.05, 4.69) is 0 Å². The monoisotopic (exact) mass is 424 g/mol. The van der Waals surface area contributed by atoms with Crippen molar-refractivity contribution >= 4 is 27.3 Å². The Kier molecular flexibility index (Phi) is 5.71. The SMILES string of the molecule is Cc1ccc(S(=O)(=O)N(C(=O)c2ccc([N+](=O)[O-])cc2)c2ccc(C)cc2C)cc1. The van der Waals surface area contributed by atoms with Gasteiger partial charge < -0.3 is 0 Å². The minimum Gasteiger partial charge on any atom is -0.268 e. The van der Waals surface area contributed by atoms with Crippen LogP contribution in [-0.2, 0) is 10.0 Å². The number of hydrogen-bond acceptors (Lipinski definition) is 5. The summed E-state index contributed by atoms with van der Waals surface area (Å²) in [6.07, 6.45) is 0. The van der Waals surface area contributed by atoms with Gasteiger partial charge in [-0.1, -0.05) is 35.4 Å². The fourth-order valence-corrected chi connectivity index (χ4v) is 4.52. The number of nitro benzene ring substituents is 1. The minimum atomic E-state index is -4.23. The van der Waals surface area contributed by atoms with Crippen LogP contribution in [0.1, 0.15) is 27.0 Å². The number of non-ortho nitro benzene ring substituents is 1. The second-order valence-electron chi connectivity index (χ2n) is 6.98. The van der Waals surface area contributed by atoms with Crippen LogP contribution >= 0.6 is 0 Å². The van der Waals surface area contributed by atoms with Crippen molar-refractivity contribution in [2.24, 2.45) is 0 Å². The Labute approximate surface area is 174 Å². The van der Waals surface area contributed by atoms with E-state index in [1.807, 2.05) is 13.8 Å². The van der Waals surface area contributed by atoms with Gasteiger partial charge in [0.1, 0.15) is 0 Å². The van der Waals surface area contributed by atoms with Crippen LogP contribution in [0.4, 0.5) is 11.4 Å². The molecule has 0 aliphatic rings. The molecular weight excluding hydrogens is 404 g/mol. The van der Waals surface area contributed by atoms with E-state index in [1.165, 1.54) is 36.4 Å². The molecule has 0 aliphatic heterocycles. The maximum atomic E-state index is 13.5. The largest absolute Gasteiger partial charge is 0.272 e. The van der Waals surface area contributed by atoms with Crippen LogP contribution in [0.15, 0.2) is 71.6 Å². The molecule has 30 heavy (non-hydrogen) atoms. The van der Waals surface area contributed by atoms with Crippen LogP contribution < -0.4 is 4.31 Å². The summed E-state index contributed by atoms with van der Waals surface area (Å²) in [5.74, 6) is -0.794. The molecule has 3 aromatic carbocycles. The van der Waals surface area contributed by atoms with Gasteiger partial charge in [0.05, 0.1) is 15.5 Å². The molecule has 0 saturated heterocycles. The second-order valence-corrected chi connectivity index (χ2v) is 8.77. The van der Waals surface area contributed by atoms with Gasteiger partial charge >= 0.3 is 0 Å². The van der Waals surface area contributed by atoms with Crippen molar-refractivity contribution in [3.63, 3.8) is 0 Å². The highest BCUT2D eigenvalue weighted by Crippen LogP contribution is 2.30. The number of benzene rings is 3. The summed E-state index contributed by atoms with van der Waals surface area (Å²) in [7, 11) is -4.23. The predicted molar refractivity (Wildman–Crippen MR) is 114 cm³/mol. The molecule has 7 nitrogen and oxygen atoms in total. The Morgan fingerprint density at radius 2 is 1.43 bits per heavy atom. The summed E-state index contributed by atoms with van der Waals surface area (Å²) < 4.78 is 27.7. The fourth-order valence-electron chi connectivity index (χ4n) is 3.04. The Balaban J connectivity index is 2.17. The van der Waals surface area contributed by atoms with Gasteiger partial charge in [-0.2, -0.15) is 4.31 Å². The first-order valence-corrected chi connectivity index (χ1v) is 10.5.